The summed E-state index contributed by atoms with van der Waals surface area (Å²) in [6, 6.07) is 7.76. The van der Waals surface area contributed by atoms with Gasteiger partial charge >= 0.3 is 6.09 Å². The second-order valence-electron chi connectivity index (χ2n) is 7.94. The van der Waals surface area contributed by atoms with Gasteiger partial charge in [-0.1, -0.05) is 23.4 Å². The molecule has 1 aliphatic heterocycles. The highest BCUT2D eigenvalue weighted by Gasteiger charge is 2.36. The van der Waals surface area contributed by atoms with E-state index in [9.17, 15) is 4.79 Å². The van der Waals surface area contributed by atoms with Crippen LogP contribution in [0.2, 0.25) is 0 Å². The molecule has 148 valence electrons. The number of aromatic nitrogens is 3. The number of nitrogens with one attached hydrogen (secondary N) is 1. The number of carbonyl (C=O) groups is 1. The van der Waals surface area contributed by atoms with Gasteiger partial charge in [0, 0.05) is 25.2 Å². The third-order valence-electron chi connectivity index (χ3n) is 4.80. The number of hydrogen-bond acceptors (Lipinski definition) is 6. The second-order valence-corrected chi connectivity index (χ2v) is 7.94. The molecule has 0 bridgehead atoms. The van der Waals surface area contributed by atoms with Gasteiger partial charge in [-0.25, -0.2) is 4.79 Å². The number of nitrogens with zero attached hydrogens (tertiary/aromatic N) is 4. The van der Waals surface area contributed by atoms with E-state index >= 15 is 0 Å². The molecule has 1 N–H and O–H groups in total. The molecule has 0 unspecified atom stereocenters. The van der Waals surface area contributed by atoms with Crippen molar-refractivity contribution >= 4 is 17.0 Å². The molecule has 1 fully saturated rings. The summed E-state index contributed by atoms with van der Waals surface area (Å²) >= 11 is 0. The van der Waals surface area contributed by atoms with Crippen molar-refractivity contribution < 1.29 is 14.1 Å². The molecule has 1 aromatic carbocycles. The normalized spacial score (nSPS) is 17.3. The molecule has 1 amide bonds. The maximum atomic E-state index is 12.5. The van der Waals surface area contributed by atoms with Crippen LogP contribution in [-0.4, -0.2) is 45.0 Å². The molecule has 8 heteroatoms. The molecule has 2 aromatic heterocycles. The molecule has 4 rings (SSSR count). The Labute approximate surface area is 163 Å². The van der Waals surface area contributed by atoms with Crippen LogP contribution in [0, 0.1) is 0 Å². The maximum absolute atomic E-state index is 12.5. The van der Waals surface area contributed by atoms with Gasteiger partial charge in [-0.3, -0.25) is 9.58 Å². The highest BCUT2D eigenvalue weighted by atomic mass is 16.6. The van der Waals surface area contributed by atoms with E-state index in [-0.39, 0.29) is 12.1 Å². The first kappa shape index (κ1) is 18.3. The first-order chi connectivity index (χ1) is 13.4. The summed E-state index contributed by atoms with van der Waals surface area (Å²) < 4.78 is 13.0. The van der Waals surface area contributed by atoms with Crippen LogP contribution >= 0.6 is 0 Å². The Morgan fingerprint density at radius 3 is 2.86 bits per heavy atom. The van der Waals surface area contributed by atoms with Gasteiger partial charge in [0.25, 0.3) is 0 Å². The first-order valence-electron chi connectivity index (χ1n) is 9.49. The molecule has 0 radical (unpaired) electrons. The molecule has 28 heavy (non-hydrogen) atoms. The van der Waals surface area contributed by atoms with Gasteiger partial charge in [-0.2, -0.15) is 4.98 Å². The monoisotopic (exact) mass is 383 g/mol. The molecular formula is C20H25N5O3. The third-order valence-corrected chi connectivity index (χ3v) is 4.80. The summed E-state index contributed by atoms with van der Waals surface area (Å²) in [5, 5.41) is 5.22. The van der Waals surface area contributed by atoms with E-state index in [0.29, 0.717) is 18.3 Å². The van der Waals surface area contributed by atoms with Gasteiger partial charge in [-0.15, -0.1) is 0 Å². The zero-order valence-corrected chi connectivity index (χ0v) is 16.6. The molecule has 0 aliphatic carbocycles. The van der Waals surface area contributed by atoms with Gasteiger partial charge in [0.1, 0.15) is 11.6 Å². The Morgan fingerprint density at radius 1 is 1.32 bits per heavy atom. The minimum absolute atomic E-state index is 0.256. The topological polar surface area (TPSA) is 85.4 Å². The van der Waals surface area contributed by atoms with Crippen LogP contribution in [0.1, 0.15) is 45.5 Å². The Hall–Kier alpha value is -3.03. The lowest BCUT2D eigenvalue weighted by molar-refractivity contribution is 0.0199. The van der Waals surface area contributed by atoms with Crippen molar-refractivity contribution in [3.8, 4) is 11.4 Å². The van der Waals surface area contributed by atoms with E-state index in [0.717, 1.165) is 29.3 Å². The number of carbonyl (C=O) groups excluding carboxylic acids is 1. The van der Waals surface area contributed by atoms with Crippen molar-refractivity contribution in [2.45, 2.75) is 45.3 Å². The van der Waals surface area contributed by atoms with Gasteiger partial charge < -0.3 is 14.7 Å². The zero-order valence-electron chi connectivity index (χ0n) is 16.6. The molecule has 3 aromatic rings. The SMILES string of the molecule is CNn1cc(-c2noc([C@@H]3CCCN3C(=O)OC(C)(C)C)n2)c2ccccc21. The number of ether oxygens (including phenoxy) is 1. The van der Waals surface area contributed by atoms with Crippen LogP contribution in [0.25, 0.3) is 22.3 Å². The molecular weight excluding hydrogens is 358 g/mol. The van der Waals surface area contributed by atoms with Gasteiger partial charge in [0.2, 0.25) is 11.7 Å². The molecule has 0 spiro atoms. The van der Waals surface area contributed by atoms with Crippen molar-refractivity contribution in [1.29, 1.82) is 0 Å². The predicted molar refractivity (Wildman–Crippen MR) is 105 cm³/mol. The summed E-state index contributed by atoms with van der Waals surface area (Å²) in [6.07, 6.45) is 3.25. The molecule has 0 saturated carbocycles. The largest absolute Gasteiger partial charge is 0.444 e. The minimum atomic E-state index is -0.542. The second kappa shape index (κ2) is 6.85. The van der Waals surface area contributed by atoms with E-state index in [1.54, 1.807) is 4.90 Å². The number of amides is 1. The third kappa shape index (κ3) is 3.30. The van der Waals surface area contributed by atoms with Crippen LogP contribution in [0.5, 0.6) is 0 Å². The summed E-state index contributed by atoms with van der Waals surface area (Å²) in [5.74, 6) is 0.955. The molecule has 3 heterocycles. The fraction of sp³-hybridized carbons (Fsp3) is 0.450. The molecule has 8 nitrogen and oxygen atoms in total. The number of hydrogen-bond donors (Lipinski definition) is 1. The summed E-state index contributed by atoms with van der Waals surface area (Å²) in [7, 11) is 1.86. The van der Waals surface area contributed by atoms with Crippen molar-refractivity contribution in [3.63, 3.8) is 0 Å². The fourth-order valence-electron chi connectivity index (χ4n) is 3.59. The van der Waals surface area contributed by atoms with Crippen LogP contribution in [-0.2, 0) is 4.74 Å². The lowest BCUT2D eigenvalue weighted by atomic mass is 10.1. The van der Waals surface area contributed by atoms with Crippen molar-refractivity contribution in [3.05, 3.63) is 36.4 Å². The Kier molecular flexibility index (Phi) is 4.49. The summed E-state index contributed by atoms with van der Waals surface area (Å²) in [4.78, 5) is 18.8. The Bertz CT molecular complexity index is 1000. The summed E-state index contributed by atoms with van der Waals surface area (Å²) in [5.41, 5.74) is 4.49. The van der Waals surface area contributed by atoms with E-state index in [4.69, 9.17) is 9.26 Å². The van der Waals surface area contributed by atoms with E-state index in [1.807, 2.05) is 63.0 Å². The lowest BCUT2D eigenvalue weighted by Crippen LogP contribution is -2.36. The standard InChI is InChI=1S/C20H25N5O3/c1-20(2,3)27-19(26)24-11-7-10-16(24)18-22-17(23-28-18)14-12-25(21-4)15-9-6-5-8-13(14)15/h5-6,8-9,12,16,21H,7,10-11H2,1-4H3/t16-/m0/s1. The predicted octanol–water partition coefficient (Wildman–Crippen LogP) is 3.94. The molecule has 1 saturated heterocycles. The number of fused-ring (bicyclic) bond motifs is 1. The first-order valence-corrected chi connectivity index (χ1v) is 9.49. The fourth-order valence-corrected chi connectivity index (χ4v) is 3.59. The molecule has 1 atom stereocenters. The van der Waals surface area contributed by atoms with Crippen molar-refractivity contribution in [2.75, 3.05) is 19.0 Å². The van der Waals surface area contributed by atoms with Crippen molar-refractivity contribution in [2.24, 2.45) is 0 Å². The van der Waals surface area contributed by atoms with Crippen molar-refractivity contribution in [1.82, 2.24) is 19.7 Å². The minimum Gasteiger partial charge on any atom is -0.444 e. The quantitative estimate of drug-likeness (QED) is 0.737. The van der Waals surface area contributed by atoms with E-state index in [1.165, 1.54) is 0 Å². The molecule has 1 aliphatic rings. The number of rotatable bonds is 3. The average Bonchev–Trinajstić information content (AvgIpc) is 3.37. The maximum Gasteiger partial charge on any atom is 0.410 e. The number of para-hydroxylation sites is 1. The number of benzene rings is 1. The zero-order chi connectivity index (χ0) is 19.9. The van der Waals surface area contributed by atoms with Crippen LogP contribution in [0.15, 0.2) is 35.0 Å². The van der Waals surface area contributed by atoms with Gasteiger partial charge in [0.05, 0.1) is 11.1 Å². The van der Waals surface area contributed by atoms with E-state index < -0.39 is 5.60 Å². The van der Waals surface area contributed by atoms with E-state index in [2.05, 4.69) is 15.6 Å². The van der Waals surface area contributed by atoms with Gasteiger partial charge in [0.15, 0.2) is 0 Å². The Balaban J connectivity index is 1.64. The van der Waals surface area contributed by atoms with Crippen LogP contribution in [0.4, 0.5) is 4.79 Å². The number of likely N-dealkylation sites (tertiary alicyclic amines) is 1. The highest BCUT2D eigenvalue weighted by Crippen LogP contribution is 2.34. The van der Waals surface area contributed by atoms with Crippen LogP contribution < -0.4 is 5.43 Å². The average molecular weight is 383 g/mol. The lowest BCUT2D eigenvalue weighted by Gasteiger charge is -2.26. The summed E-state index contributed by atoms with van der Waals surface area (Å²) in [6.45, 7) is 6.20. The van der Waals surface area contributed by atoms with Crippen LogP contribution in [0.3, 0.4) is 0 Å². The van der Waals surface area contributed by atoms with Gasteiger partial charge in [-0.05, 0) is 39.7 Å². The Morgan fingerprint density at radius 2 is 2.11 bits per heavy atom. The smallest absolute Gasteiger partial charge is 0.410 e. The highest BCUT2D eigenvalue weighted by molar-refractivity contribution is 5.94.